The zero-order valence-corrected chi connectivity index (χ0v) is 13.8. The van der Waals surface area contributed by atoms with E-state index in [1.165, 1.54) is 0 Å². The average Bonchev–Trinajstić information content (AvgIpc) is 2.29. The summed E-state index contributed by atoms with van der Waals surface area (Å²) < 4.78 is 0. The van der Waals surface area contributed by atoms with E-state index in [1.807, 2.05) is 0 Å². The third-order valence-electron chi connectivity index (χ3n) is 1.02. The standard InChI is InChI=1S/3C3H6O3.CH4N2O.Al/c3*1-2(4)3(5)6;2-1(3)4;/h3*2,4H,1H3,(H,5,6);(H4,2,3,4);/q;;;;+3/p-3. The molecule has 0 aliphatic heterocycles. The van der Waals surface area contributed by atoms with Gasteiger partial charge in [0.05, 0.1) is 36.2 Å². The Bertz CT molecular complexity index is 300. The number of aliphatic hydroxyl groups excluding tert-OH is 3. The molecule has 0 heterocycles. The molecule has 132 valence electrons. The van der Waals surface area contributed by atoms with Crippen molar-refractivity contribution in [1.82, 2.24) is 0 Å². The van der Waals surface area contributed by atoms with Gasteiger partial charge in [0.2, 0.25) is 0 Å². The molecule has 0 bridgehead atoms. The van der Waals surface area contributed by atoms with Crippen molar-refractivity contribution in [3.05, 3.63) is 0 Å². The van der Waals surface area contributed by atoms with Crippen LogP contribution in [0.1, 0.15) is 20.8 Å². The van der Waals surface area contributed by atoms with Gasteiger partial charge in [0.1, 0.15) is 0 Å². The minimum atomic E-state index is -1.44. The second-order valence-electron chi connectivity index (χ2n) is 3.39. The fourth-order valence-electron chi connectivity index (χ4n) is 0. The zero-order chi connectivity index (χ0) is 19.0. The van der Waals surface area contributed by atoms with Crippen LogP contribution in [-0.2, 0) is 14.4 Å². The molecular weight excluding hydrogens is 335 g/mol. The molecule has 0 spiro atoms. The summed E-state index contributed by atoms with van der Waals surface area (Å²) in [5.41, 5.74) is 8.50. The Morgan fingerprint density at radius 2 is 0.739 bits per heavy atom. The topological polar surface area (TPSA) is 250 Å². The molecule has 0 aromatic heterocycles. The fourth-order valence-corrected chi connectivity index (χ4v) is 0. The van der Waals surface area contributed by atoms with Crippen molar-refractivity contribution < 1.29 is 49.8 Å². The van der Waals surface area contributed by atoms with Crippen LogP contribution in [0.25, 0.3) is 0 Å². The van der Waals surface area contributed by atoms with E-state index in [1.54, 1.807) is 0 Å². The molecular formula is C10H19AlN2O10. The van der Waals surface area contributed by atoms with Crippen molar-refractivity contribution in [3.8, 4) is 0 Å². The SMILES string of the molecule is CC(O)C(=O)[O-].CC(O)C(=O)[O-].CC(O)C(=O)[O-].NC(N)=O.[Al+3]. The number of carbonyl (C=O) groups is 4. The van der Waals surface area contributed by atoms with Gasteiger partial charge in [0.15, 0.2) is 0 Å². The Balaban J connectivity index is -0.0000000624. The van der Waals surface area contributed by atoms with Gasteiger partial charge in [-0.15, -0.1) is 0 Å². The Hall–Kier alpha value is -1.91. The van der Waals surface area contributed by atoms with E-state index >= 15 is 0 Å². The summed E-state index contributed by atoms with van der Waals surface area (Å²) >= 11 is 0. The van der Waals surface area contributed by atoms with E-state index < -0.39 is 42.3 Å². The normalized spacial score (nSPS) is 11.7. The summed E-state index contributed by atoms with van der Waals surface area (Å²) in [6, 6.07) is -0.833. The molecule has 0 aromatic rings. The summed E-state index contributed by atoms with van der Waals surface area (Å²) in [7, 11) is 0. The maximum atomic E-state index is 9.34. The monoisotopic (exact) mass is 354 g/mol. The van der Waals surface area contributed by atoms with E-state index in [2.05, 4.69) is 11.5 Å². The number of nitrogens with two attached hydrogens (primary N) is 2. The first kappa shape index (κ1) is 32.9. The van der Waals surface area contributed by atoms with E-state index in [0.717, 1.165) is 20.8 Å². The van der Waals surface area contributed by atoms with Gasteiger partial charge in [-0.1, -0.05) is 0 Å². The predicted molar refractivity (Wildman–Crippen MR) is 69.6 cm³/mol. The second kappa shape index (κ2) is 20.1. The van der Waals surface area contributed by atoms with Crippen LogP contribution >= 0.6 is 0 Å². The Labute approximate surface area is 142 Å². The first-order chi connectivity index (χ1) is 9.66. The number of carbonyl (C=O) groups excluding carboxylic acids is 4. The minimum Gasteiger partial charge on any atom is -0.547 e. The molecule has 3 atom stereocenters. The third kappa shape index (κ3) is 64.6. The van der Waals surface area contributed by atoms with Crippen molar-refractivity contribution in [2.24, 2.45) is 11.5 Å². The smallest absolute Gasteiger partial charge is 0.547 e. The Morgan fingerprint density at radius 1 is 0.696 bits per heavy atom. The molecule has 13 heteroatoms. The minimum absolute atomic E-state index is 0. The molecule has 0 aliphatic rings. The second-order valence-corrected chi connectivity index (χ2v) is 3.39. The molecule has 0 saturated carbocycles. The molecule has 2 amide bonds. The quantitative estimate of drug-likeness (QED) is 0.299. The van der Waals surface area contributed by atoms with Crippen LogP contribution < -0.4 is 26.8 Å². The fraction of sp³-hybridized carbons (Fsp3) is 0.600. The molecule has 0 fully saturated rings. The van der Waals surface area contributed by atoms with Crippen LogP contribution in [0.4, 0.5) is 4.79 Å². The van der Waals surface area contributed by atoms with Crippen molar-refractivity contribution in [2.45, 2.75) is 39.1 Å². The Kier molecular flexibility index (Phi) is 28.7. The maximum Gasteiger partial charge on any atom is 3.00 e. The predicted octanol–water partition coefficient (Wildman–Crippen LogP) is -7.01. The first-order valence-electron chi connectivity index (χ1n) is 5.38. The van der Waals surface area contributed by atoms with Crippen LogP contribution in [0, 0.1) is 0 Å². The summed E-state index contributed by atoms with van der Waals surface area (Å²) in [6.45, 7) is 3.40. The average molecular weight is 354 g/mol. The number of carboxylic acid groups (broad SMARTS) is 3. The van der Waals surface area contributed by atoms with E-state index in [4.69, 9.17) is 20.1 Å². The van der Waals surface area contributed by atoms with E-state index in [-0.39, 0.29) is 17.4 Å². The summed E-state index contributed by atoms with van der Waals surface area (Å²) in [5.74, 6) is -4.31. The van der Waals surface area contributed by atoms with Crippen molar-refractivity contribution in [3.63, 3.8) is 0 Å². The molecule has 7 N–H and O–H groups in total. The number of amides is 2. The zero-order valence-electron chi connectivity index (χ0n) is 12.7. The van der Waals surface area contributed by atoms with Gasteiger partial charge in [-0.05, 0) is 20.8 Å². The molecule has 3 unspecified atom stereocenters. The molecule has 0 saturated heterocycles. The molecule has 0 aliphatic carbocycles. The van der Waals surface area contributed by atoms with Gasteiger partial charge in [-0.3, -0.25) is 0 Å². The third-order valence-corrected chi connectivity index (χ3v) is 1.02. The van der Waals surface area contributed by atoms with Crippen molar-refractivity contribution >= 4 is 41.3 Å². The van der Waals surface area contributed by atoms with Gasteiger partial charge in [-0.25, -0.2) is 4.79 Å². The molecule has 0 rings (SSSR count). The van der Waals surface area contributed by atoms with Crippen LogP contribution in [-0.4, -0.2) is 74.9 Å². The van der Waals surface area contributed by atoms with Gasteiger partial charge in [0, 0.05) is 0 Å². The van der Waals surface area contributed by atoms with Crippen LogP contribution in [0.2, 0.25) is 0 Å². The number of primary amides is 2. The Morgan fingerprint density at radius 3 is 0.739 bits per heavy atom. The number of hydrogen-bond acceptors (Lipinski definition) is 10. The van der Waals surface area contributed by atoms with E-state index in [0.29, 0.717) is 0 Å². The summed E-state index contributed by atoms with van der Waals surface area (Å²) in [6.07, 6.45) is -4.03. The van der Waals surface area contributed by atoms with Gasteiger partial charge >= 0.3 is 23.4 Å². The van der Waals surface area contributed by atoms with Gasteiger partial charge in [0.25, 0.3) is 0 Å². The molecule has 23 heavy (non-hydrogen) atoms. The summed E-state index contributed by atoms with van der Waals surface area (Å²) in [5, 5.41) is 51.9. The largest absolute Gasteiger partial charge is 3.00 e. The first-order valence-corrected chi connectivity index (χ1v) is 5.38. The number of carboxylic acids is 3. The van der Waals surface area contributed by atoms with E-state index in [9.17, 15) is 29.7 Å². The van der Waals surface area contributed by atoms with Gasteiger partial charge < -0.3 is 56.5 Å². The van der Waals surface area contributed by atoms with Crippen molar-refractivity contribution in [2.75, 3.05) is 0 Å². The van der Waals surface area contributed by atoms with Gasteiger partial charge in [-0.2, -0.15) is 0 Å². The van der Waals surface area contributed by atoms with Crippen LogP contribution in [0.3, 0.4) is 0 Å². The number of rotatable bonds is 3. The molecule has 12 nitrogen and oxygen atoms in total. The maximum absolute atomic E-state index is 9.34. The molecule has 0 aromatic carbocycles. The number of aliphatic hydroxyl groups is 3. The number of aliphatic carboxylic acids is 3. The van der Waals surface area contributed by atoms with Crippen LogP contribution in [0.15, 0.2) is 0 Å². The van der Waals surface area contributed by atoms with Crippen molar-refractivity contribution in [1.29, 1.82) is 0 Å². The number of hydrogen-bond donors (Lipinski definition) is 5. The molecule has 0 radical (unpaired) electrons. The van der Waals surface area contributed by atoms with Crippen LogP contribution in [0.5, 0.6) is 0 Å². The summed E-state index contributed by atoms with van der Waals surface area (Å²) in [4.78, 5) is 37.0. The number of urea groups is 1.